The molecule has 0 aliphatic carbocycles. The van der Waals surface area contributed by atoms with Crippen LogP contribution in [0.15, 0.2) is 12.1 Å². The number of benzene rings is 1. The molecule has 0 aromatic heterocycles. The molecular formula is C12H11F3O2. The normalized spacial score (nSPS) is 24.0. The third kappa shape index (κ3) is 2.20. The van der Waals surface area contributed by atoms with Crippen LogP contribution in [0.1, 0.15) is 23.7 Å². The number of ketones is 1. The summed E-state index contributed by atoms with van der Waals surface area (Å²) in [5.41, 5.74) is -0.411. The predicted molar refractivity (Wildman–Crippen MR) is 54.2 cm³/mol. The van der Waals surface area contributed by atoms with Crippen molar-refractivity contribution < 1.29 is 22.7 Å². The van der Waals surface area contributed by atoms with E-state index in [-0.39, 0.29) is 12.7 Å². The summed E-state index contributed by atoms with van der Waals surface area (Å²) in [6, 6.07) is 1.73. The highest BCUT2D eigenvalue weighted by Crippen LogP contribution is 2.25. The standard InChI is InChI=1S/C12H11F3O2/c1-6-4-7(5-17-6)12(16)8-2-3-9(13)11(15)10(8)14/h2-3,6-7H,4-5H2,1H3. The summed E-state index contributed by atoms with van der Waals surface area (Å²) < 4.78 is 44.3. The van der Waals surface area contributed by atoms with Crippen LogP contribution in [0, 0.1) is 23.4 Å². The van der Waals surface area contributed by atoms with E-state index in [4.69, 9.17) is 4.74 Å². The van der Waals surface area contributed by atoms with Crippen molar-refractivity contribution in [1.82, 2.24) is 0 Å². The molecule has 0 radical (unpaired) electrons. The van der Waals surface area contributed by atoms with E-state index in [0.29, 0.717) is 6.42 Å². The molecule has 1 heterocycles. The zero-order valence-corrected chi connectivity index (χ0v) is 9.17. The van der Waals surface area contributed by atoms with Crippen LogP contribution in [0.4, 0.5) is 13.2 Å². The number of carbonyl (C=O) groups excluding carboxylic acids is 1. The Kier molecular flexibility index (Phi) is 3.19. The van der Waals surface area contributed by atoms with Crippen LogP contribution >= 0.6 is 0 Å². The van der Waals surface area contributed by atoms with Crippen LogP contribution in [-0.4, -0.2) is 18.5 Å². The van der Waals surface area contributed by atoms with Gasteiger partial charge in [-0.1, -0.05) is 0 Å². The summed E-state index contributed by atoms with van der Waals surface area (Å²) in [5.74, 6) is -5.34. The van der Waals surface area contributed by atoms with Crippen molar-refractivity contribution in [2.24, 2.45) is 5.92 Å². The van der Waals surface area contributed by atoms with Gasteiger partial charge in [0.25, 0.3) is 0 Å². The molecule has 1 fully saturated rings. The molecule has 2 atom stereocenters. The summed E-state index contributed by atoms with van der Waals surface area (Å²) in [6.07, 6.45) is 0.398. The minimum absolute atomic E-state index is 0.0719. The Morgan fingerprint density at radius 1 is 1.29 bits per heavy atom. The lowest BCUT2D eigenvalue weighted by molar-refractivity contribution is 0.0872. The van der Waals surface area contributed by atoms with Gasteiger partial charge in [0.05, 0.1) is 18.3 Å². The Labute approximate surface area is 96.4 Å². The minimum atomic E-state index is -1.61. The summed E-state index contributed by atoms with van der Waals surface area (Å²) in [6.45, 7) is 1.99. The lowest BCUT2D eigenvalue weighted by Crippen LogP contribution is -2.17. The first-order valence-corrected chi connectivity index (χ1v) is 5.30. The van der Waals surface area contributed by atoms with Gasteiger partial charge in [-0.25, -0.2) is 13.2 Å². The number of rotatable bonds is 2. The summed E-state index contributed by atoms with van der Waals surface area (Å²) in [7, 11) is 0. The topological polar surface area (TPSA) is 26.3 Å². The van der Waals surface area contributed by atoms with E-state index in [2.05, 4.69) is 0 Å². The monoisotopic (exact) mass is 244 g/mol. The van der Waals surface area contributed by atoms with Gasteiger partial charge in [-0.2, -0.15) is 0 Å². The summed E-state index contributed by atoms with van der Waals surface area (Å²) in [5, 5.41) is 0. The maximum atomic E-state index is 13.4. The largest absolute Gasteiger partial charge is 0.378 e. The van der Waals surface area contributed by atoms with E-state index >= 15 is 0 Å². The Hall–Kier alpha value is -1.36. The molecule has 1 aromatic rings. The van der Waals surface area contributed by atoms with Gasteiger partial charge in [-0.3, -0.25) is 4.79 Å². The van der Waals surface area contributed by atoms with E-state index in [1.807, 2.05) is 0 Å². The highest BCUT2D eigenvalue weighted by Gasteiger charge is 2.31. The van der Waals surface area contributed by atoms with Crippen LogP contribution in [0.3, 0.4) is 0 Å². The van der Waals surface area contributed by atoms with Crippen molar-refractivity contribution in [1.29, 1.82) is 0 Å². The molecule has 17 heavy (non-hydrogen) atoms. The van der Waals surface area contributed by atoms with Crippen LogP contribution < -0.4 is 0 Å². The van der Waals surface area contributed by atoms with Crippen LogP contribution in [-0.2, 0) is 4.74 Å². The second-order valence-electron chi connectivity index (χ2n) is 4.16. The van der Waals surface area contributed by atoms with Crippen LogP contribution in [0.5, 0.6) is 0 Å². The Morgan fingerprint density at radius 3 is 2.59 bits per heavy atom. The molecule has 0 amide bonds. The van der Waals surface area contributed by atoms with Crippen LogP contribution in [0.25, 0.3) is 0 Å². The fourth-order valence-electron chi connectivity index (χ4n) is 1.94. The number of carbonyl (C=O) groups is 1. The molecule has 5 heteroatoms. The fraction of sp³-hybridized carbons (Fsp3) is 0.417. The zero-order chi connectivity index (χ0) is 12.6. The number of Topliss-reactive ketones (excluding diaryl/α,β-unsaturated/α-hetero) is 1. The lowest BCUT2D eigenvalue weighted by atomic mass is 9.95. The second-order valence-corrected chi connectivity index (χ2v) is 4.16. The Balaban J connectivity index is 2.29. The first-order chi connectivity index (χ1) is 8.00. The van der Waals surface area contributed by atoms with Crippen molar-refractivity contribution in [2.45, 2.75) is 19.4 Å². The summed E-state index contributed by atoms with van der Waals surface area (Å²) in [4.78, 5) is 11.9. The highest BCUT2D eigenvalue weighted by molar-refractivity contribution is 5.98. The third-order valence-corrected chi connectivity index (χ3v) is 2.87. The molecule has 1 aromatic carbocycles. The molecule has 1 aliphatic rings. The Morgan fingerprint density at radius 2 is 2.00 bits per heavy atom. The molecule has 0 saturated carbocycles. The van der Waals surface area contributed by atoms with Crippen molar-refractivity contribution in [3.8, 4) is 0 Å². The molecule has 2 rings (SSSR count). The number of hydrogen-bond acceptors (Lipinski definition) is 2. The number of ether oxygens (including phenoxy) is 1. The van der Waals surface area contributed by atoms with E-state index in [1.165, 1.54) is 0 Å². The van der Waals surface area contributed by atoms with E-state index < -0.39 is 34.7 Å². The maximum Gasteiger partial charge on any atom is 0.195 e. The van der Waals surface area contributed by atoms with Crippen molar-refractivity contribution in [3.63, 3.8) is 0 Å². The SMILES string of the molecule is CC1CC(C(=O)c2ccc(F)c(F)c2F)CO1. The van der Waals surface area contributed by atoms with E-state index in [0.717, 1.165) is 12.1 Å². The molecule has 92 valence electrons. The average Bonchev–Trinajstić information content (AvgIpc) is 2.72. The molecular weight excluding hydrogens is 233 g/mol. The molecule has 0 bridgehead atoms. The Bertz CT molecular complexity index is 459. The molecule has 0 N–H and O–H groups in total. The molecule has 0 spiro atoms. The first-order valence-electron chi connectivity index (χ1n) is 5.30. The first kappa shape index (κ1) is 12.1. The van der Waals surface area contributed by atoms with E-state index in [9.17, 15) is 18.0 Å². The van der Waals surface area contributed by atoms with Crippen molar-refractivity contribution in [3.05, 3.63) is 35.1 Å². The minimum Gasteiger partial charge on any atom is -0.378 e. The third-order valence-electron chi connectivity index (χ3n) is 2.87. The molecule has 1 aliphatic heterocycles. The van der Waals surface area contributed by atoms with Gasteiger partial charge < -0.3 is 4.74 Å². The quantitative estimate of drug-likeness (QED) is 0.590. The number of halogens is 3. The van der Waals surface area contributed by atoms with Gasteiger partial charge in [-0.05, 0) is 25.5 Å². The van der Waals surface area contributed by atoms with Gasteiger partial charge in [0.2, 0.25) is 0 Å². The van der Waals surface area contributed by atoms with Gasteiger partial charge in [0.15, 0.2) is 23.2 Å². The maximum absolute atomic E-state index is 13.4. The van der Waals surface area contributed by atoms with Crippen LogP contribution in [0.2, 0.25) is 0 Å². The zero-order valence-electron chi connectivity index (χ0n) is 9.17. The summed E-state index contributed by atoms with van der Waals surface area (Å²) >= 11 is 0. The smallest absolute Gasteiger partial charge is 0.195 e. The molecule has 2 unspecified atom stereocenters. The van der Waals surface area contributed by atoms with Gasteiger partial charge in [0, 0.05) is 5.92 Å². The lowest BCUT2D eigenvalue weighted by Gasteiger charge is -2.08. The number of hydrogen-bond donors (Lipinski definition) is 0. The van der Waals surface area contributed by atoms with Crippen molar-refractivity contribution in [2.75, 3.05) is 6.61 Å². The average molecular weight is 244 g/mol. The molecule has 2 nitrogen and oxygen atoms in total. The van der Waals surface area contributed by atoms with Gasteiger partial charge in [0.1, 0.15) is 0 Å². The predicted octanol–water partition coefficient (Wildman–Crippen LogP) is 2.71. The van der Waals surface area contributed by atoms with Gasteiger partial charge in [-0.15, -0.1) is 0 Å². The molecule has 1 saturated heterocycles. The second kappa shape index (κ2) is 4.49. The van der Waals surface area contributed by atoms with Gasteiger partial charge >= 0.3 is 0 Å². The fourth-order valence-corrected chi connectivity index (χ4v) is 1.94. The van der Waals surface area contributed by atoms with Crippen molar-refractivity contribution >= 4 is 5.78 Å². The van der Waals surface area contributed by atoms with E-state index in [1.54, 1.807) is 6.92 Å². The highest BCUT2D eigenvalue weighted by atomic mass is 19.2.